The average molecular weight is 522 g/mol. The first-order valence-electron chi connectivity index (χ1n) is 12.3. The molecular weight excluding hydrogens is 490 g/mol. The average Bonchev–Trinajstić information content (AvgIpc) is 3.47. The summed E-state index contributed by atoms with van der Waals surface area (Å²) in [7, 11) is -2.07. The van der Waals surface area contributed by atoms with E-state index in [1.165, 1.54) is 11.4 Å². The Bertz CT molecular complexity index is 1350. The van der Waals surface area contributed by atoms with Crippen LogP contribution in [-0.2, 0) is 27.8 Å². The van der Waals surface area contributed by atoms with Gasteiger partial charge < -0.3 is 15.4 Å². The highest BCUT2D eigenvalue weighted by Crippen LogP contribution is 2.27. The van der Waals surface area contributed by atoms with Gasteiger partial charge in [0.2, 0.25) is 15.9 Å². The molecule has 3 aromatic rings. The van der Waals surface area contributed by atoms with Gasteiger partial charge in [0.1, 0.15) is 5.75 Å². The number of nitrogens with one attached hydrogen (secondary N) is 2. The fourth-order valence-electron chi connectivity index (χ4n) is 4.31. The summed E-state index contributed by atoms with van der Waals surface area (Å²) < 4.78 is 32.9. The van der Waals surface area contributed by atoms with Gasteiger partial charge in [0.05, 0.1) is 23.3 Å². The highest BCUT2D eigenvalue weighted by Gasteiger charge is 2.28. The van der Waals surface area contributed by atoms with Gasteiger partial charge in [-0.2, -0.15) is 4.31 Å². The second-order valence-electron chi connectivity index (χ2n) is 8.85. The number of aryl methyl sites for hydroxylation is 1. The molecule has 2 amide bonds. The van der Waals surface area contributed by atoms with Crippen LogP contribution in [0, 0.1) is 0 Å². The van der Waals surface area contributed by atoms with E-state index in [0.717, 1.165) is 18.4 Å². The largest absolute Gasteiger partial charge is 0.496 e. The molecule has 0 bridgehead atoms. The van der Waals surface area contributed by atoms with Gasteiger partial charge in [-0.3, -0.25) is 9.59 Å². The van der Waals surface area contributed by atoms with E-state index in [1.807, 2.05) is 30.3 Å². The number of carbonyl (C=O) groups excluding carboxylic acids is 2. The van der Waals surface area contributed by atoms with E-state index in [0.29, 0.717) is 42.2 Å². The number of hydrogen-bond donors (Lipinski definition) is 2. The van der Waals surface area contributed by atoms with Crippen LogP contribution in [0.2, 0.25) is 0 Å². The molecule has 194 valence electrons. The van der Waals surface area contributed by atoms with Crippen LogP contribution in [-0.4, -0.2) is 44.7 Å². The van der Waals surface area contributed by atoms with E-state index in [9.17, 15) is 18.0 Å². The van der Waals surface area contributed by atoms with Crippen molar-refractivity contribution in [2.75, 3.05) is 25.5 Å². The number of anilines is 1. The highest BCUT2D eigenvalue weighted by atomic mass is 32.2. The SMILES string of the molecule is COc1ccc(S(=O)(=O)N2CCCC2)cc1CCC(=O)Nc1ccccc1C(=O)NCc1ccccc1. The van der Waals surface area contributed by atoms with Crippen molar-refractivity contribution in [2.24, 2.45) is 0 Å². The molecule has 0 unspecified atom stereocenters. The van der Waals surface area contributed by atoms with Gasteiger partial charge in [-0.15, -0.1) is 0 Å². The number of hydrogen-bond acceptors (Lipinski definition) is 5. The molecule has 0 spiro atoms. The summed E-state index contributed by atoms with van der Waals surface area (Å²) in [5.41, 5.74) is 2.38. The molecule has 0 saturated carbocycles. The van der Waals surface area contributed by atoms with E-state index in [4.69, 9.17) is 4.74 Å². The maximum Gasteiger partial charge on any atom is 0.253 e. The van der Waals surface area contributed by atoms with E-state index < -0.39 is 10.0 Å². The number of methoxy groups -OCH3 is 1. The van der Waals surface area contributed by atoms with Gasteiger partial charge in [-0.05, 0) is 60.7 Å². The molecule has 9 heteroatoms. The minimum absolute atomic E-state index is 0.0868. The number of nitrogens with zero attached hydrogens (tertiary/aromatic N) is 1. The van der Waals surface area contributed by atoms with Crippen LogP contribution in [0.5, 0.6) is 5.75 Å². The number of para-hydroxylation sites is 1. The number of benzene rings is 3. The molecule has 2 N–H and O–H groups in total. The zero-order chi connectivity index (χ0) is 26.3. The zero-order valence-electron chi connectivity index (χ0n) is 20.8. The van der Waals surface area contributed by atoms with Crippen LogP contribution in [0.4, 0.5) is 5.69 Å². The second kappa shape index (κ2) is 12.0. The number of amides is 2. The molecule has 0 aromatic heterocycles. The van der Waals surface area contributed by atoms with Gasteiger partial charge >= 0.3 is 0 Å². The molecular formula is C28H31N3O5S. The van der Waals surface area contributed by atoms with Crippen molar-refractivity contribution < 1.29 is 22.7 Å². The summed E-state index contributed by atoms with van der Waals surface area (Å²) >= 11 is 0. The third-order valence-corrected chi connectivity index (χ3v) is 8.21. The third-order valence-electron chi connectivity index (χ3n) is 6.32. The van der Waals surface area contributed by atoms with E-state index in [1.54, 1.807) is 42.5 Å². The van der Waals surface area contributed by atoms with Crippen molar-refractivity contribution in [3.8, 4) is 5.75 Å². The van der Waals surface area contributed by atoms with Crippen LogP contribution in [0.1, 0.15) is 40.7 Å². The van der Waals surface area contributed by atoms with Crippen molar-refractivity contribution in [3.63, 3.8) is 0 Å². The number of rotatable bonds is 10. The van der Waals surface area contributed by atoms with Crippen LogP contribution in [0.15, 0.2) is 77.7 Å². The molecule has 0 radical (unpaired) electrons. The van der Waals surface area contributed by atoms with Crippen molar-refractivity contribution in [2.45, 2.75) is 37.1 Å². The molecule has 3 aromatic carbocycles. The minimum Gasteiger partial charge on any atom is -0.496 e. The number of ether oxygens (including phenoxy) is 1. The van der Waals surface area contributed by atoms with Crippen LogP contribution in [0.3, 0.4) is 0 Å². The van der Waals surface area contributed by atoms with Crippen LogP contribution >= 0.6 is 0 Å². The van der Waals surface area contributed by atoms with E-state index >= 15 is 0 Å². The smallest absolute Gasteiger partial charge is 0.253 e. The lowest BCUT2D eigenvalue weighted by Gasteiger charge is -2.17. The Morgan fingerprint density at radius 1 is 0.946 bits per heavy atom. The Labute approximate surface area is 217 Å². The predicted octanol–water partition coefficient (Wildman–Crippen LogP) is 3.98. The fraction of sp³-hybridized carbons (Fsp3) is 0.286. The maximum absolute atomic E-state index is 13.0. The van der Waals surface area contributed by atoms with E-state index in [2.05, 4.69) is 10.6 Å². The molecule has 0 aliphatic carbocycles. The topological polar surface area (TPSA) is 105 Å². The van der Waals surface area contributed by atoms with Crippen molar-refractivity contribution in [3.05, 3.63) is 89.5 Å². The molecule has 1 heterocycles. The molecule has 1 fully saturated rings. The first kappa shape index (κ1) is 26.4. The molecule has 0 atom stereocenters. The summed E-state index contributed by atoms with van der Waals surface area (Å²) in [5.74, 6) is -0.0618. The Hall–Kier alpha value is -3.69. The van der Waals surface area contributed by atoms with Gasteiger partial charge in [0, 0.05) is 26.1 Å². The Kier molecular flexibility index (Phi) is 8.58. The molecule has 1 aliphatic heterocycles. The molecule has 37 heavy (non-hydrogen) atoms. The summed E-state index contributed by atoms with van der Waals surface area (Å²) in [6.07, 6.45) is 2.08. The second-order valence-corrected chi connectivity index (χ2v) is 10.8. The summed E-state index contributed by atoms with van der Waals surface area (Å²) in [6, 6.07) is 21.2. The number of carbonyl (C=O) groups is 2. The summed E-state index contributed by atoms with van der Waals surface area (Å²) in [5, 5.41) is 5.70. The Morgan fingerprint density at radius 2 is 1.65 bits per heavy atom. The lowest BCUT2D eigenvalue weighted by molar-refractivity contribution is -0.116. The molecule has 8 nitrogen and oxygen atoms in total. The van der Waals surface area contributed by atoms with E-state index in [-0.39, 0.29) is 29.6 Å². The highest BCUT2D eigenvalue weighted by molar-refractivity contribution is 7.89. The fourth-order valence-corrected chi connectivity index (χ4v) is 5.88. The van der Waals surface area contributed by atoms with Gasteiger partial charge in [-0.25, -0.2) is 8.42 Å². The maximum atomic E-state index is 13.0. The third kappa shape index (κ3) is 6.55. The van der Waals surface area contributed by atoms with Crippen LogP contribution in [0.25, 0.3) is 0 Å². The number of sulfonamides is 1. The molecule has 4 rings (SSSR count). The first-order chi connectivity index (χ1) is 17.9. The minimum atomic E-state index is -3.58. The Balaban J connectivity index is 1.41. The first-order valence-corrected chi connectivity index (χ1v) is 13.7. The monoisotopic (exact) mass is 521 g/mol. The van der Waals surface area contributed by atoms with Crippen molar-refractivity contribution >= 4 is 27.5 Å². The predicted molar refractivity (Wildman–Crippen MR) is 142 cm³/mol. The van der Waals surface area contributed by atoms with Gasteiger partial charge in [0.25, 0.3) is 5.91 Å². The van der Waals surface area contributed by atoms with Crippen molar-refractivity contribution in [1.82, 2.24) is 9.62 Å². The Morgan fingerprint density at radius 3 is 2.38 bits per heavy atom. The summed E-state index contributed by atoms with van der Waals surface area (Å²) in [6.45, 7) is 1.41. The molecule has 1 aliphatic rings. The standard InChI is InChI=1S/C28H31N3O5S/c1-36-26-15-14-23(37(34,35)31-17-7-8-18-31)19-22(26)13-16-27(32)30-25-12-6-5-11-24(25)28(33)29-20-21-9-3-2-4-10-21/h2-6,9-12,14-15,19H,7-8,13,16-18,20H2,1H3,(H,29,33)(H,30,32). The normalized spacial score (nSPS) is 13.8. The van der Waals surface area contributed by atoms with Gasteiger partial charge in [0.15, 0.2) is 0 Å². The lowest BCUT2D eigenvalue weighted by Crippen LogP contribution is -2.28. The summed E-state index contributed by atoms with van der Waals surface area (Å²) in [4.78, 5) is 25.8. The van der Waals surface area contributed by atoms with Crippen LogP contribution < -0.4 is 15.4 Å². The molecule has 1 saturated heterocycles. The van der Waals surface area contributed by atoms with Crippen molar-refractivity contribution in [1.29, 1.82) is 0 Å². The zero-order valence-corrected chi connectivity index (χ0v) is 21.6. The quantitative estimate of drug-likeness (QED) is 0.420. The van der Waals surface area contributed by atoms with Gasteiger partial charge in [-0.1, -0.05) is 42.5 Å². The lowest BCUT2D eigenvalue weighted by atomic mass is 10.1.